The summed E-state index contributed by atoms with van der Waals surface area (Å²) in [6, 6.07) is 11.7. The van der Waals surface area contributed by atoms with Crippen molar-refractivity contribution in [2.45, 2.75) is 13.2 Å². The van der Waals surface area contributed by atoms with Crippen molar-refractivity contribution >= 4 is 15.9 Å². The average Bonchev–Trinajstić information content (AvgIpc) is 2.37. The van der Waals surface area contributed by atoms with Crippen LogP contribution < -0.4 is 10.5 Å². The second kappa shape index (κ2) is 5.80. The highest BCUT2D eigenvalue weighted by Crippen LogP contribution is 2.18. The van der Waals surface area contributed by atoms with Crippen LogP contribution in [0.5, 0.6) is 5.75 Å². The molecular formula is C13H13BrN2O. The van der Waals surface area contributed by atoms with E-state index in [-0.39, 0.29) is 0 Å². The van der Waals surface area contributed by atoms with Gasteiger partial charge in [-0.15, -0.1) is 0 Å². The number of benzene rings is 1. The molecule has 2 aromatic rings. The van der Waals surface area contributed by atoms with Gasteiger partial charge in [-0.1, -0.05) is 28.1 Å². The lowest BCUT2D eigenvalue weighted by molar-refractivity contribution is 0.301. The third-order valence-electron chi connectivity index (χ3n) is 2.33. The molecule has 3 nitrogen and oxygen atoms in total. The zero-order chi connectivity index (χ0) is 12.1. The monoisotopic (exact) mass is 292 g/mol. The molecule has 0 atom stereocenters. The van der Waals surface area contributed by atoms with Crippen molar-refractivity contribution in [2.75, 3.05) is 0 Å². The molecular weight excluding hydrogens is 280 g/mol. The first-order valence-electron chi connectivity index (χ1n) is 5.31. The fourth-order valence-electron chi connectivity index (χ4n) is 1.50. The summed E-state index contributed by atoms with van der Waals surface area (Å²) in [6.45, 7) is 0.896. The molecule has 1 aromatic heterocycles. The Hall–Kier alpha value is -1.39. The van der Waals surface area contributed by atoms with E-state index in [1.54, 1.807) is 6.20 Å². The lowest BCUT2D eigenvalue weighted by Gasteiger charge is -2.09. The number of nitrogens with zero attached hydrogens (tertiary/aromatic N) is 1. The van der Waals surface area contributed by atoms with Crippen molar-refractivity contribution in [3.05, 3.63) is 58.3 Å². The lowest BCUT2D eigenvalue weighted by Crippen LogP contribution is -2.04. The molecule has 4 heteroatoms. The first kappa shape index (κ1) is 12.1. The average molecular weight is 293 g/mol. The van der Waals surface area contributed by atoms with Crippen LogP contribution >= 0.6 is 15.9 Å². The predicted octanol–water partition coefficient (Wildman–Crippen LogP) is 2.88. The summed E-state index contributed by atoms with van der Waals surface area (Å²) in [5.41, 5.74) is 7.48. The zero-order valence-electron chi connectivity index (χ0n) is 9.27. The van der Waals surface area contributed by atoms with E-state index in [1.165, 1.54) is 0 Å². The van der Waals surface area contributed by atoms with E-state index < -0.39 is 0 Å². The van der Waals surface area contributed by atoms with E-state index in [0.29, 0.717) is 13.2 Å². The van der Waals surface area contributed by atoms with Crippen LogP contribution in [0.15, 0.2) is 47.1 Å². The summed E-state index contributed by atoms with van der Waals surface area (Å²) in [7, 11) is 0. The quantitative estimate of drug-likeness (QED) is 0.943. The molecule has 0 aliphatic heterocycles. The van der Waals surface area contributed by atoms with E-state index in [2.05, 4.69) is 20.9 Å². The molecule has 2 rings (SSSR count). The second-order valence-electron chi connectivity index (χ2n) is 3.57. The van der Waals surface area contributed by atoms with Crippen molar-refractivity contribution < 1.29 is 4.74 Å². The zero-order valence-corrected chi connectivity index (χ0v) is 10.9. The van der Waals surface area contributed by atoms with Crippen LogP contribution in [0.3, 0.4) is 0 Å². The molecule has 1 aromatic carbocycles. The molecule has 17 heavy (non-hydrogen) atoms. The molecule has 0 radical (unpaired) electrons. The molecule has 0 amide bonds. The minimum atomic E-state index is 0.384. The number of aromatic nitrogens is 1. The topological polar surface area (TPSA) is 48.1 Å². The van der Waals surface area contributed by atoms with Crippen molar-refractivity contribution in [3.63, 3.8) is 0 Å². The highest BCUT2D eigenvalue weighted by Gasteiger charge is 2.02. The van der Waals surface area contributed by atoms with E-state index in [9.17, 15) is 0 Å². The van der Waals surface area contributed by atoms with Crippen molar-refractivity contribution in [1.29, 1.82) is 0 Å². The Bertz CT molecular complexity index is 502. The number of pyridine rings is 1. The van der Waals surface area contributed by atoms with Crippen LogP contribution in [0.4, 0.5) is 0 Å². The Balaban J connectivity index is 2.07. The summed E-state index contributed by atoms with van der Waals surface area (Å²) in [4.78, 5) is 4.17. The molecule has 0 saturated carbocycles. The van der Waals surface area contributed by atoms with Crippen LogP contribution in [-0.2, 0) is 13.2 Å². The Morgan fingerprint density at radius 2 is 2.12 bits per heavy atom. The van der Waals surface area contributed by atoms with E-state index in [4.69, 9.17) is 10.5 Å². The summed E-state index contributed by atoms with van der Waals surface area (Å²) < 4.78 is 6.75. The molecule has 0 aliphatic carbocycles. The molecule has 88 valence electrons. The van der Waals surface area contributed by atoms with E-state index in [1.807, 2.05) is 36.4 Å². The largest absolute Gasteiger partial charge is 0.487 e. The first-order chi connectivity index (χ1) is 8.29. The number of hydrogen-bond donors (Lipinski definition) is 1. The summed E-state index contributed by atoms with van der Waals surface area (Å²) >= 11 is 3.43. The molecule has 1 heterocycles. The molecule has 0 spiro atoms. The number of rotatable bonds is 4. The van der Waals surface area contributed by atoms with Gasteiger partial charge in [0.05, 0.1) is 5.69 Å². The third kappa shape index (κ3) is 3.28. The Labute approximate surface area is 109 Å². The van der Waals surface area contributed by atoms with Gasteiger partial charge in [0.25, 0.3) is 0 Å². The lowest BCUT2D eigenvalue weighted by atomic mass is 10.2. The third-order valence-corrected chi connectivity index (χ3v) is 2.82. The SMILES string of the molecule is NCc1ncccc1OCc1cccc(Br)c1. The summed E-state index contributed by atoms with van der Waals surface area (Å²) in [5, 5.41) is 0. The maximum absolute atomic E-state index is 5.71. The van der Waals surface area contributed by atoms with Gasteiger partial charge in [-0.2, -0.15) is 0 Å². The fraction of sp³-hybridized carbons (Fsp3) is 0.154. The van der Waals surface area contributed by atoms with Gasteiger partial charge in [-0.25, -0.2) is 0 Å². The van der Waals surface area contributed by atoms with E-state index >= 15 is 0 Å². The fourth-order valence-corrected chi connectivity index (χ4v) is 1.94. The van der Waals surface area contributed by atoms with Crippen LogP contribution in [-0.4, -0.2) is 4.98 Å². The van der Waals surface area contributed by atoms with Gasteiger partial charge in [0.1, 0.15) is 12.4 Å². The first-order valence-corrected chi connectivity index (χ1v) is 6.10. The Morgan fingerprint density at radius 3 is 2.88 bits per heavy atom. The molecule has 0 aliphatic rings. The van der Waals surface area contributed by atoms with Gasteiger partial charge in [-0.3, -0.25) is 4.98 Å². The number of halogens is 1. The molecule has 0 bridgehead atoms. The standard InChI is InChI=1S/C13H13BrN2O/c14-11-4-1-3-10(7-11)9-17-13-5-2-6-16-12(13)8-15/h1-7H,8-9,15H2. The predicted molar refractivity (Wildman–Crippen MR) is 70.6 cm³/mol. The minimum Gasteiger partial charge on any atom is -0.487 e. The van der Waals surface area contributed by atoms with Gasteiger partial charge in [0.2, 0.25) is 0 Å². The van der Waals surface area contributed by atoms with Crippen LogP contribution in [0.1, 0.15) is 11.3 Å². The van der Waals surface area contributed by atoms with E-state index in [0.717, 1.165) is 21.5 Å². The van der Waals surface area contributed by atoms with Crippen molar-refractivity contribution in [2.24, 2.45) is 5.73 Å². The van der Waals surface area contributed by atoms with Gasteiger partial charge in [0, 0.05) is 17.2 Å². The highest BCUT2D eigenvalue weighted by atomic mass is 79.9. The number of nitrogens with two attached hydrogens (primary N) is 1. The number of ether oxygens (including phenoxy) is 1. The van der Waals surface area contributed by atoms with Gasteiger partial charge in [-0.05, 0) is 29.8 Å². The second-order valence-corrected chi connectivity index (χ2v) is 4.49. The van der Waals surface area contributed by atoms with Gasteiger partial charge < -0.3 is 10.5 Å². The van der Waals surface area contributed by atoms with Crippen LogP contribution in [0.2, 0.25) is 0 Å². The van der Waals surface area contributed by atoms with Crippen molar-refractivity contribution in [3.8, 4) is 5.75 Å². The minimum absolute atomic E-state index is 0.384. The highest BCUT2D eigenvalue weighted by molar-refractivity contribution is 9.10. The summed E-state index contributed by atoms with van der Waals surface area (Å²) in [6.07, 6.45) is 1.72. The van der Waals surface area contributed by atoms with Crippen molar-refractivity contribution in [1.82, 2.24) is 4.98 Å². The number of hydrogen-bond acceptors (Lipinski definition) is 3. The molecule has 0 saturated heterocycles. The molecule has 2 N–H and O–H groups in total. The Morgan fingerprint density at radius 1 is 1.24 bits per heavy atom. The van der Waals surface area contributed by atoms with Gasteiger partial charge in [0.15, 0.2) is 0 Å². The van der Waals surface area contributed by atoms with Gasteiger partial charge >= 0.3 is 0 Å². The maximum Gasteiger partial charge on any atom is 0.142 e. The molecule has 0 fully saturated rings. The summed E-state index contributed by atoms with van der Waals surface area (Å²) in [5.74, 6) is 0.745. The maximum atomic E-state index is 5.71. The van der Waals surface area contributed by atoms with Crippen LogP contribution in [0.25, 0.3) is 0 Å². The smallest absolute Gasteiger partial charge is 0.142 e. The molecule has 0 unspecified atom stereocenters. The normalized spacial score (nSPS) is 10.2. The Kier molecular flexibility index (Phi) is 4.12. The van der Waals surface area contributed by atoms with Crippen LogP contribution in [0, 0.1) is 0 Å².